The summed E-state index contributed by atoms with van der Waals surface area (Å²) in [5, 5.41) is 10.2. The molecule has 17 heavy (non-hydrogen) atoms. The van der Waals surface area contributed by atoms with Gasteiger partial charge in [-0.05, 0) is 41.3 Å². The predicted molar refractivity (Wildman–Crippen MR) is 66.5 cm³/mol. The van der Waals surface area contributed by atoms with Crippen LogP contribution in [0.15, 0.2) is 10.5 Å². The van der Waals surface area contributed by atoms with Crippen LogP contribution in [0.3, 0.4) is 0 Å². The number of hydrogen-bond donors (Lipinski definition) is 2. The monoisotopic (exact) mass is 299 g/mol. The van der Waals surface area contributed by atoms with Gasteiger partial charge in [-0.25, -0.2) is 0 Å². The fraction of sp³-hybridized carbons (Fsp3) is 0.500. The minimum atomic E-state index is -0.414. The van der Waals surface area contributed by atoms with Crippen LogP contribution in [0.4, 0.5) is 0 Å². The van der Waals surface area contributed by atoms with Gasteiger partial charge in [0.2, 0.25) is 0 Å². The number of fused-ring (bicyclic) bond motifs is 1. The van der Waals surface area contributed by atoms with Crippen molar-refractivity contribution >= 4 is 15.9 Å². The Labute approximate surface area is 108 Å². The van der Waals surface area contributed by atoms with Gasteiger partial charge in [0.05, 0.1) is 0 Å². The van der Waals surface area contributed by atoms with E-state index in [4.69, 9.17) is 15.2 Å². The van der Waals surface area contributed by atoms with E-state index >= 15 is 0 Å². The van der Waals surface area contributed by atoms with Crippen molar-refractivity contribution in [1.29, 1.82) is 0 Å². The summed E-state index contributed by atoms with van der Waals surface area (Å²) in [4.78, 5) is 0. The van der Waals surface area contributed by atoms with Crippen LogP contribution in [-0.4, -0.2) is 18.3 Å². The third-order valence-electron chi connectivity index (χ3n) is 3.53. The van der Waals surface area contributed by atoms with Crippen molar-refractivity contribution in [3.63, 3.8) is 0 Å². The lowest BCUT2D eigenvalue weighted by atomic mass is 9.72. The van der Waals surface area contributed by atoms with Gasteiger partial charge in [-0.15, -0.1) is 0 Å². The van der Waals surface area contributed by atoms with Gasteiger partial charge in [0.25, 0.3) is 0 Å². The largest absolute Gasteiger partial charge is 0.506 e. The first kappa shape index (κ1) is 11.2. The maximum absolute atomic E-state index is 10.2. The van der Waals surface area contributed by atoms with Crippen molar-refractivity contribution in [2.45, 2.75) is 24.8 Å². The molecular weight excluding hydrogens is 286 g/mol. The summed E-state index contributed by atoms with van der Waals surface area (Å²) >= 11 is 3.35. The Hall–Kier alpha value is -0.940. The number of halogens is 1. The van der Waals surface area contributed by atoms with E-state index in [9.17, 15) is 5.11 Å². The van der Waals surface area contributed by atoms with Gasteiger partial charge in [0.15, 0.2) is 11.5 Å². The second-order valence-electron chi connectivity index (χ2n) is 4.62. The van der Waals surface area contributed by atoms with Crippen LogP contribution >= 0.6 is 15.9 Å². The Kier molecular flexibility index (Phi) is 2.48. The van der Waals surface area contributed by atoms with E-state index in [0.29, 0.717) is 29.2 Å². The maximum Gasteiger partial charge on any atom is 0.179 e. The fourth-order valence-corrected chi connectivity index (χ4v) is 2.87. The van der Waals surface area contributed by atoms with Gasteiger partial charge in [-0.1, -0.05) is 0 Å². The Balaban J connectivity index is 2.13. The molecule has 0 saturated heterocycles. The number of hydrogen-bond acceptors (Lipinski definition) is 4. The quantitative estimate of drug-likeness (QED) is 0.835. The third kappa shape index (κ3) is 1.60. The van der Waals surface area contributed by atoms with Crippen LogP contribution in [0.25, 0.3) is 0 Å². The second-order valence-corrected chi connectivity index (χ2v) is 5.41. The molecule has 0 spiro atoms. The summed E-state index contributed by atoms with van der Waals surface area (Å²) in [6.45, 7) is 1.03. The lowest BCUT2D eigenvalue weighted by Gasteiger charge is -2.39. The average Bonchev–Trinajstić information content (AvgIpc) is 2.31. The van der Waals surface area contributed by atoms with Crippen LogP contribution < -0.4 is 15.2 Å². The highest BCUT2D eigenvalue weighted by Crippen LogP contribution is 2.51. The van der Waals surface area contributed by atoms with Gasteiger partial charge in [0, 0.05) is 11.1 Å². The molecule has 0 aromatic heterocycles. The van der Waals surface area contributed by atoms with E-state index in [-0.39, 0.29) is 5.75 Å². The van der Waals surface area contributed by atoms with Gasteiger partial charge in [-0.2, -0.15) is 0 Å². The highest BCUT2D eigenvalue weighted by atomic mass is 79.9. The van der Waals surface area contributed by atoms with Crippen LogP contribution in [0, 0.1) is 0 Å². The number of aromatic hydroxyl groups is 1. The van der Waals surface area contributed by atoms with Crippen molar-refractivity contribution in [2.24, 2.45) is 5.73 Å². The molecule has 2 aliphatic rings. The molecule has 1 heterocycles. The first-order valence-electron chi connectivity index (χ1n) is 5.72. The topological polar surface area (TPSA) is 64.7 Å². The van der Waals surface area contributed by atoms with E-state index in [0.717, 1.165) is 24.8 Å². The van der Waals surface area contributed by atoms with Gasteiger partial charge in [-0.3, -0.25) is 0 Å². The molecule has 1 aliphatic carbocycles. The number of ether oxygens (including phenoxy) is 2. The molecule has 3 rings (SSSR count). The number of benzene rings is 1. The molecule has 5 heteroatoms. The van der Waals surface area contributed by atoms with E-state index in [1.54, 1.807) is 0 Å². The Bertz CT molecular complexity index is 471. The fourth-order valence-electron chi connectivity index (χ4n) is 2.34. The van der Waals surface area contributed by atoms with Gasteiger partial charge < -0.3 is 20.3 Å². The van der Waals surface area contributed by atoms with Crippen molar-refractivity contribution in [2.75, 3.05) is 13.2 Å². The zero-order valence-corrected chi connectivity index (χ0v) is 10.9. The van der Waals surface area contributed by atoms with Crippen LogP contribution in [-0.2, 0) is 5.54 Å². The third-order valence-corrected chi connectivity index (χ3v) is 4.27. The van der Waals surface area contributed by atoms with Crippen molar-refractivity contribution in [1.82, 2.24) is 0 Å². The summed E-state index contributed by atoms with van der Waals surface area (Å²) in [5.41, 5.74) is 6.59. The van der Waals surface area contributed by atoms with Crippen LogP contribution in [0.2, 0.25) is 0 Å². The first-order chi connectivity index (χ1) is 8.12. The van der Waals surface area contributed by atoms with E-state index in [1.165, 1.54) is 0 Å². The number of phenolic OH excluding ortho intramolecular Hbond substituents is 1. The molecule has 1 saturated carbocycles. The Morgan fingerprint density at radius 1 is 1.29 bits per heavy atom. The molecule has 1 fully saturated rings. The molecule has 1 aromatic carbocycles. The smallest absolute Gasteiger partial charge is 0.179 e. The molecule has 1 aliphatic heterocycles. The number of nitrogens with two attached hydrogens (primary N) is 1. The molecule has 4 nitrogen and oxygen atoms in total. The zero-order chi connectivity index (χ0) is 12.0. The molecule has 0 bridgehead atoms. The highest BCUT2D eigenvalue weighted by molar-refractivity contribution is 9.10. The molecule has 0 atom stereocenters. The lowest BCUT2D eigenvalue weighted by molar-refractivity contribution is 0.167. The standard InChI is InChI=1S/C12H14BrNO3/c13-9-10(15)7(12(14)2-1-3-12)6-8-11(9)17-5-4-16-8/h6,15H,1-5,14H2. The minimum Gasteiger partial charge on any atom is -0.506 e. The first-order valence-corrected chi connectivity index (χ1v) is 6.51. The summed E-state index contributed by atoms with van der Waals surface area (Å²) in [6, 6.07) is 1.81. The van der Waals surface area contributed by atoms with E-state index in [2.05, 4.69) is 15.9 Å². The van der Waals surface area contributed by atoms with Crippen molar-refractivity contribution < 1.29 is 14.6 Å². The summed E-state index contributed by atoms with van der Waals surface area (Å²) in [7, 11) is 0. The second kappa shape index (κ2) is 3.78. The van der Waals surface area contributed by atoms with Crippen LogP contribution in [0.1, 0.15) is 24.8 Å². The van der Waals surface area contributed by atoms with E-state index in [1.807, 2.05) is 6.07 Å². The molecule has 0 amide bonds. The molecular formula is C12H14BrNO3. The average molecular weight is 300 g/mol. The summed E-state index contributed by atoms with van der Waals surface area (Å²) in [5.74, 6) is 1.41. The number of phenols is 1. The zero-order valence-electron chi connectivity index (χ0n) is 9.33. The Morgan fingerprint density at radius 3 is 2.65 bits per heavy atom. The normalized spacial score (nSPS) is 20.8. The predicted octanol–water partition coefficient (Wildman–Crippen LogP) is 2.26. The molecule has 92 valence electrons. The molecule has 1 aromatic rings. The lowest BCUT2D eigenvalue weighted by Crippen LogP contribution is -2.43. The van der Waals surface area contributed by atoms with Crippen LogP contribution in [0.5, 0.6) is 17.2 Å². The summed E-state index contributed by atoms with van der Waals surface area (Å²) < 4.78 is 11.6. The SMILES string of the molecule is NC1(c2cc3c(c(Br)c2O)OCCO3)CCC1. The van der Waals surface area contributed by atoms with Gasteiger partial charge in [0.1, 0.15) is 23.4 Å². The molecule has 3 N–H and O–H groups in total. The van der Waals surface area contributed by atoms with Crippen molar-refractivity contribution in [3.8, 4) is 17.2 Å². The van der Waals surface area contributed by atoms with Crippen molar-refractivity contribution in [3.05, 3.63) is 16.1 Å². The maximum atomic E-state index is 10.2. The minimum absolute atomic E-state index is 0.177. The number of rotatable bonds is 1. The molecule has 0 unspecified atom stereocenters. The molecule has 0 radical (unpaired) electrons. The Morgan fingerprint density at radius 2 is 2.00 bits per heavy atom. The summed E-state index contributed by atoms with van der Waals surface area (Å²) in [6.07, 6.45) is 2.89. The van der Waals surface area contributed by atoms with E-state index < -0.39 is 5.54 Å². The highest BCUT2D eigenvalue weighted by Gasteiger charge is 2.38. The van der Waals surface area contributed by atoms with Gasteiger partial charge >= 0.3 is 0 Å².